The monoisotopic (exact) mass is 371 g/mol. The Morgan fingerprint density at radius 3 is 2.44 bits per heavy atom. The minimum Gasteiger partial charge on any atom is -0.497 e. The number of nitrogens with one attached hydrogen (secondary N) is 1. The number of amides is 1. The summed E-state index contributed by atoms with van der Waals surface area (Å²) in [6, 6.07) is 12.1. The van der Waals surface area contributed by atoms with Crippen LogP contribution in [0, 0.1) is 0 Å². The highest BCUT2D eigenvalue weighted by Gasteiger charge is 2.09. The molecule has 5 N–H and O–H groups in total. The van der Waals surface area contributed by atoms with Gasteiger partial charge in [0.2, 0.25) is 5.96 Å². The van der Waals surface area contributed by atoms with Gasteiger partial charge in [-0.3, -0.25) is 4.79 Å². The number of rotatable bonds is 8. The Morgan fingerprint density at radius 1 is 1.07 bits per heavy atom. The second-order valence-electron chi connectivity index (χ2n) is 5.25. The molecule has 0 spiro atoms. The van der Waals surface area contributed by atoms with Gasteiger partial charge in [-0.1, -0.05) is 0 Å². The molecule has 0 radical (unpaired) electrons. The molecule has 2 aromatic carbocycles. The Hall–Kier alpha value is -3.75. The number of guanidine groups is 1. The molecule has 0 heterocycles. The summed E-state index contributed by atoms with van der Waals surface area (Å²) in [4.78, 5) is 12.0. The predicted molar refractivity (Wildman–Crippen MR) is 104 cm³/mol. The number of methoxy groups -OCH3 is 2. The van der Waals surface area contributed by atoms with Crippen LogP contribution < -0.4 is 31.0 Å². The summed E-state index contributed by atoms with van der Waals surface area (Å²) in [6.07, 6.45) is 1.46. The summed E-state index contributed by atoms with van der Waals surface area (Å²) < 4.78 is 15.9. The Kier molecular flexibility index (Phi) is 7.00. The topological polar surface area (TPSA) is 134 Å². The summed E-state index contributed by atoms with van der Waals surface area (Å²) >= 11 is 0. The van der Waals surface area contributed by atoms with Crippen LogP contribution in [-0.2, 0) is 4.79 Å². The second-order valence-corrected chi connectivity index (χ2v) is 5.25. The van der Waals surface area contributed by atoms with E-state index in [0.717, 1.165) is 0 Å². The average Bonchev–Trinajstić information content (AvgIpc) is 2.67. The van der Waals surface area contributed by atoms with Gasteiger partial charge in [0.1, 0.15) is 5.75 Å². The van der Waals surface area contributed by atoms with Crippen LogP contribution in [0.25, 0.3) is 0 Å². The van der Waals surface area contributed by atoms with E-state index in [9.17, 15) is 4.79 Å². The molecule has 2 rings (SSSR count). The molecule has 9 heteroatoms. The van der Waals surface area contributed by atoms with Crippen LogP contribution in [-0.4, -0.2) is 38.9 Å². The third-order valence-electron chi connectivity index (χ3n) is 3.30. The van der Waals surface area contributed by atoms with Gasteiger partial charge in [-0.25, -0.2) is 0 Å². The van der Waals surface area contributed by atoms with Crippen molar-refractivity contribution in [1.29, 1.82) is 0 Å². The van der Waals surface area contributed by atoms with Crippen molar-refractivity contribution in [3.63, 3.8) is 0 Å². The Balaban J connectivity index is 1.96. The highest BCUT2D eigenvalue weighted by atomic mass is 16.5. The lowest BCUT2D eigenvalue weighted by Crippen LogP contribution is -2.21. The van der Waals surface area contributed by atoms with Crippen molar-refractivity contribution >= 4 is 23.8 Å². The van der Waals surface area contributed by atoms with E-state index in [1.54, 1.807) is 49.6 Å². The minimum absolute atomic E-state index is 0.138. The van der Waals surface area contributed by atoms with Gasteiger partial charge in [0.25, 0.3) is 5.91 Å². The maximum atomic E-state index is 12.0. The van der Waals surface area contributed by atoms with Crippen molar-refractivity contribution < 1.29 is 19.0 Å². The molecule has 1 amide bonds. The Labute approximate surface area is 156 Å². The number of hydrogen-bond acceptors (Lipinski definition) is 6. The Bertz CT molecular complexity index is 830. The van der Waals surface area contributed by atoms with E-state index < -0.39 is 0 Å². The van der Waals surface area contributed by atoms with Crippen molar-refractivity contribution in [3.8, 4) is 17.2 Å². The summed E-state index contributed by atoms with van der Waals surface area (Å²) in [5.74, 6) is 1.13. The van der Waals surface area contributed by atoms with Crippen LogP contribution in [0.2, 0.25) is 0 Å². The molecular formula is C18H21N5O4. The average molecular weight is 371 g/mol. The van der Waals surface area contributed by atoms with E-state index in [4.69, 9.17) is 25.7 Å². The van der Waals surface area contributed by atoms with Crippen LogP contribution in [0.3, 0.4) is 0 Å². The number of nitrogens with zero attached hydrogens (tertiary/aromatic N) is 2. The minimum atomic E-state index is -0.305. The first-order valence-electron chi connectivity index (χ1n) is 7.88. The summed E-state index contributed by atoms with van der Waals surface area (Å²) in [5.41, 5.74) is 11.7. The maximum Gasteiger partial charge on any atom is 0.262 e. The molecule has 0 unspecified atom stereocenters. The third kappa shape index (κ3) is 6.24. The molecule has 0 bridgehead atoms. The zero-order chi connectivity index (χ0) is 19.6. The van der Waals surface area contributed by atoms with Crippen LogP contribution in [0.5, 0.6) is 17.2 Å². The van der Waals surface area contributed by atoms with E-state index in [1.807, 2.05) is 0 Å². The highest BCUT2D eigenvalue weighted by molar-refractivity contribution is 5.92. The quantitative estimate of drug-likeness (QED) is 0.364. The smallest absolute Gasteiger partial charge is 0.262 e. The van der Waals surface area contributed by atoms with E-state index in [-0.39, 0.29) is 18.5 Å². The number of carbonyl (C=O) groups excluding carboxylic acids is 1. The highest BCUT2D eigenvalue weighted by Crippen LogP contribution is 2.27. The third-order valence-corrected chi connectivity index (χ3v) is 3.30. The number of benzene rings is 2. The number of carbonyl (C=O) groups is 1. The largest absolute Gasteiger partial charge is 0.497 e. The number of nitrogens with two attached hydrogens (primary N) is 2. The molecule has 0 saturated heterocycles. The Morgan fingerprint density at radius 2 is 1.81 bits per heavy atom. The molecule has 2 aromatic rings. The van der Waals surface area contributed by atoms with Gasteiger partial charge < -0.3 is 31.0 Å². The molecule has 9 nitrogen and oxygen atoms in total. The zero-order valence-electron chi connectivity index (χ0n) is 15.0. The summed E-state index contributed by atoms with van der Waals surface area (Å²) in [6.45, 7) is -0.177. The fourth-order valence-electron chi connectivity index (χ4n) is 2.06. The summed E-state index contributed by atoms with van der Waals surface area (Å²) in [7, 11) is 3.07. The molecule has 0 fully saturated rings. The van der Waals surface area contributed by atoms with Crippen molar-refractivity contribution in [2.75, 3.05) is 26.1 Å². The molecule has 0 saturated carbocycles. The van der Waals surface area contributed by atoms with Gasteiger partial charge >= 0.3 is 0 Å². The van der Waals surface area contributed by atoms with Crippen molar-refractivity contribution in [3.05, 3.63) is 48.0 Å². The first kappa shape index (κ1) is 19.6. The van der Waals surface area contributed by atoms with E-state index in [0.29, 0.717) is 28.5 Å². The number of hydrogen-bond donors (Lipinski definition) is 3. The molecule has 0 atom stereocenters. The first-order valence-corrected chi connectivity index (χ1v) is 7.88. The van der Waals surface area contributed by atoms with Gasteiger partial charge in [-0.15, -0.1) is 5.10 Å². The molecule has 142 valence electrons. The molecule has 0 aliphatic carbocycles. The lowest BCUT2D eigenvalue weighted by atomic mass is 10.2. The molecular weight excluding hydrogens is 350 g/mol. The zero-order valence-corrected chi connectivity index (χ0v) is 15.0. The fourth-order valence-corrected chi connectivity index (χ4v) is 2.06. The molecule has 0 aromatic heterocycles. The van der Waals surface area contributed by atoms with Gasteiger partial charge in [0.15, 0.2) is 18.1 Å². The molecule has 27 heavy (non-hydrogen) atoms. The van der Waals surface area contributed by atoms with E-state index in [1.165, 1.54) is 13.3 Å². The predicted octanol–water partition coefficient (Wildman–Crippen LogP) is 1.33. The SMILES string of the molecule is COc1ccc(NC(=O)COc2ccc(C=NN=C(N)N)cc2OC)cc1. The van der Waals surface area contributed by atoms with Gasteiger partial charge in [-0.05, 0) is 48.0 Å². The van der Waals surface area contributed by atoms with E-state index in [2.05, 4.69) is 15.5 Å². The lowest BCUT2D eigenvalue weighted by molar-refractivity contribution is -0.118. The summed E-state index contributed by atoms with van der Waals surface area (Å²) in [5, 5.41) is 9.97. The molecule has 0 aliphatic rings. The van der Waals surface area contributed by atoms with Crippen molar-refractivity contribution in [2.45, 2.75) is 0 Å². The van der Waals surface area contributed by atoms with Gasteiger partial charge in [0, 0.05) is 5.69 Å². The normalized spacial score (nSPS) is 10.3. The van der Waals surface area contributed by atoms with Crippen LogP contribution in [0.4, 0.5) is 5.69 Å². The van der Waals surface area contributed by atoms with Crippen LogP contribution in [0.1, 0.15) is 5.56 Å². The standard InChI is InChI=1S/C18H21N5O4/c1-25-14-6-4-13(5-7-14)22-17(24)11-27-15-8-3-12(9-16(15)26-2)10-21-23-18(19)20/h3-10H,11H2,1-2H3,(H,22,24)(H4,19,20,23). The number of ether oxygens (including phenoxy) is 3. The number of anilines is 1. The first-order chi connectivity index (χ1) is 13.0. The van der Waals surface area contributed by atoms with Crippen LogP contribution in [0.15, 0.2) is 52.7 Å². The fraction of sp³-hybridized carbons (Fsp3) is 0.167. The van der Waals surface area contributed by atoms with Gasteiger partial charge in [-0.2, -0.15) is 5.10 Å². The van der Waals surface area contributed by atoms with Crippen molar-refractivity contribution in [1.82, 2.24) is 0 Å². The molecule has 0 aliphatic heterocycles. The second kappa shape index (κ2) is 9.66. The maximum absolute atomic E-state index is 12.0. The van der Waals surface area contributed by atoms with Crippen LogP contribution >= 0.6 is 0 Å². The van der Waals surface area contributed by atoms with Crippen molar-refractivity contribution in [2.24, 2.45) is 21.7 Å². The van der Waals surface area contributed by atoms with Gasteiger partial charge in [0.05, 0.1) is 20.4 Å². The lowest BCUT2D eigenvalue weighted by Gasteiger charge is -2.11. The van der Waals surface area contributed by atoms with E-state index >= 15 is 0 Å².